The molecule has 0 spiro atoms. The second-order valence-electron chi connectivity index (χ2n) is 3.86. The average molecular weight is 276 g/mol. The van der Waals surface area contributed by atoms with E-state index in [1.54, 1.807) is 13.8 Å². The van der Waals surface area contributed by atoms with E-state index in [2.05, 4.69) is 10.6 Å². The number of carbonyl (C=O) groups excluding carboxylic acids is 2. The molecule has 2 N–H and O–H groups in total. The average Bonchev–Trinajstić information content (AvgIpc) is 2.10. The van der Waals surface area contributed by atoms with Gasteiger partial charge in [0, 0.05) is 50.0 Å². The maximum absolute atomic E-state index is 10.2. The van der Waals surface area contributed by atoms with Crippen LogP contribution in [-0.2, 0) is 9.59 Å². The number of nitrogens with one attached hydrogen (secondary N) is 2. The van der Waals surface area contributed by atoms with E-state index in [0.29, 0.717) is 13.1 Å². The SMILES string of the molecule is CC(CC(=O)[O-])NCCNC(C)CC(=O)[O-].[Na+].[Na+]. The normalized spacial score (nSPS) is 12.8. The van der Waals surface area contributed by atoms with Gasteiger partial charge in [0.25, 0.3) is 0 Å². The fourth-order valence-corrected chi connectivity index (χ4v) is 1.28. The maximum Gasteiger partial charge on any atom is 1.00 e. The molecule has 0 aliphatic heterocycles. The number of hydrogen-bond acceptors (Lipinski definition) is 6. The molecule has 0 aliphatic rings. The molecule has 0 aromatic carbocycles. The predicted molar refractivity (Wildman–Crippen MR) is 54.2 cm³/mol. The monoisotopic (exact) mass is 276 g/mol. The summed E-state index contributed by atoms with van der Waals surface area (Å²) in [5.41, 5.74) is 0. The van der Waals surface area contributed by atoms with Crippen molar-refractivity contribution in [3.05, 3.63) is 0 Å². The molecule has 0 aliphatic carbocycles. The molecule has 8 heteroatoms. The summed E-state index contributed by atoms with van der Waals surface area (Å²) < 4.78 is 0. The van der Waals surface area contributed by atoms with Crippen LogP contribution in [0.3, 0.4) is 0 Å². The van der Waals surface area contributed by atoms with Crippen LogP contribution in [0, 0.1) is 0 Å². The molecule has 0 rings (SSSR count). The molecule has 0 radical (unpaired) electrons. The zero-order chi connectivity index (χ0) is 12.6. The van der Waals surface area contributed by atoms with Gasteiger partial charge in [0.15, 0.2) is 0 Å². The van der Waals surface area contributed by atoms with Crippen molar-refractivity contribution in [2.75, 3.05) is 13.1 Å². The largest absolute Gasteiger partial charge is 1.00 e. The first kappa shape index (κ1) is 23.9. The molecule has 18 heavy (non-hydrogen) atoms. The smallest absolute Gasteiger partial charge is 0.550 e. The zero-order valence-corrected chi connectivity index (χ0v) is 15.6. The van der Waals surface area contributed by atoms with Crippen LogP contribution in [0.25, 0.3) is 0 Å². The Bertz CT molecular complexity index is 218. The summed E-state index contributed by atoms with van der Waals surface area (Å²) in [6.07, 6.45) is -0.0663. The van der Waals surface area contributed by atoms with Gasteiger partial charge in [-0.3, -0.25) is 0 Å². The molecule has 0 bridgehead atoms. The fraction of sp³-hybridized carbons (Fsp3) is 0.800. The van der Waals surface area contributed by atoms with E-state index in [0.717, 1.165) is 0 Å². The summed E-state index contributed by atoms with van der Waals surface area (Å²) in [6, 6.07) is -0.300. The first-order valence-corrected chi connectivity index (χ1v) is 5.28. The Labute approximate surface area is 152 Å². The molecule has 2 unspecified atom stereocenters. The first-order valence-electron chi connectivity index (χ1n) is 5.28. The van der Waals surface area contributed by atoms with Gasteiger partial charge in [-0.05, 0) is 13.8 Å². The summed E-state index contributed by atoms with van der Waals surface area (Å²) in [7, 11) is 0. The summed E-state index contributed by atoms with van der Waals surface area (Å²) in [4.78, 5) is 20.5. The summed E-state index contributed by atoms with van der Waals surface area (Å²) in [5.74, 6) is -2.17. The minimum absolute atomic E-state index is 0. The van der Waals surface area contributed by atoms with Crippen LogP contribution in [0.4, 0.5) is 0 Å². The molecule has 0 aromatic heterocycles. The van der Waals surface area contributed by atoms with Gasteiger partial charge in [-0.25, -0.2) is 0 Å². The molecule has 0 aromatic rings. The van der Waals surface area contributed by atoms with E-state index >= 15 is 0 Å². The third kappa shape index (κ3) is 16.9. The van der Waals surface area contributed by atoms with E-state index in [1.807, 2.05) is 0 Å². The van der Waals surface area contributed by atoms with E-state index < -0.39 is 11.9 Å². The summed E-state index contributed by atoms with van der Waals surface area (Å²) >= 11 is 0. The quantitative estimate of drug-likeness (QED) is 0.320. The Morgan fingerprint density at radius 2 is 1.17 bits per heavy atom. The van der Waals surface area contributed by atoms with E-state index in [4.69, 9.17) is 0 Å². The number of carboxylic acids is 2. The Hall–Kier alpha value is 0.860. The fourth-order valence-electron chi connectivity index (χ4n) is 1.28. The molecule has 94 valence electrons. The number of hydrogen-bond donors (Lipinski definition) is 2. The molecule has 0 heterocycles. The molecule has 2 atom stereocenters. The van der Waals surface area contributed by atoms with Crippen LogP contribution in [0.1, 0.15) is 26.7 Å². The van der Waals surface area contributed by atoms with Gasteiger partial charge in [0.1, 0.15) is 0 Å². The maximum atomic E-state index is 10.2. The van der Waals surface area contributed by atoms with Crippen molar-refractivity contribution in [3.8, 4) is 0 Å². The third-order valence-corrected chi connectivity index (χ3v) is 2.06. The van der Waals surface area contributed by atoms with Gasteiger partial charge in [-0.1, -0.05) is 0 Å². The van der Waals surface area contributed by atoms with Crippen LogP contribution in [0.15, 0.2) is 0 Å². The van der Waals surface area contributed by atoms with Crippen molar-refractivity contribution in [2.24, 2.45) is 0 Å². The van der Waals surface area contributed by atoms with Crippen LogP contribution < -0.4 is 80.0 Å². The van der Waals surface area contributed by atoms with Gasteiger partial charge >= 0.3 is 59.1 Å². The van der Waals surface area contributed by atoms with Gasteiger partial charge in [0.05, 0.1) is 0 Å². The minimum atomic E-state index is -1.08. The third-order valence-electron chi connectivity index (χ3n) is 2.06. The second-order valence-corrected chi connectivity index (χ2v) is 3.86. The molecule has 6 nitrogen and oxygen atoms in total. The van der Waals surface area contributed by atoms with Gasteiger partial charge in [-0.15, -0.1) is 0 Å². The van der Waals surface area contributed by atoms with Crippen molar-refractivity contribution in [1.82, 2.24) is 10.6 Å². The number of carboxylic acid groups (broad SMARTS) is 2. The molecular formula is C10H18N2Na2O4. The van der Waals surface area contributed by atoms with E-state index in [1.165, 1.54) is 0 Å². The van der Waals surface area contributed by atoms with Crippen molar-refractivity contribution < 1.29 is 78.9 Å². The number of carbonyl (C=O) groups is 2. The van der Waals surface area contributed by atoms with Gasteiger partial charge in [-0.2, -0.15) is 0 Å². The van der Waals surface area contributed by atoms with Crippen LogP contribution >= 0.6 is 0 Å². The molecule has 0 saturated carbocycles. The van der Waals surface area contributed by atoms with Gasteiger partial charge < -0.3 is 30.4 Å². The Kier molecular flexibility index (Phi) is 19.0. The summed E-state index contributed by atoms with van der Waals surface area (Å²) in [5, 5.41) is 26.4. The van der Waals surface area contributed by atoms with E-state index in [9.17, 15) is 19.8 Å². The molecular weight excluding hydrogens is 258 g/mol. The van der Waals surface area contributed by atoms with Crippen LogP contribution in [0.2, 0.25) is 0 Å². The molecule has 0 fully saturated rings. The van der Waals surface area contributed by atoms with Crippen molar-refractivity contribution in [2.45, 2.75) is 38.8 Å². The molecule has 0 saturated heterocycles. The van der Waals surface area contributed by atoms with Crippen LogP contribution in [0.5, 0.6) is 0 Å². The van der Waals surface area contributed by atoms with Gasteiger partial charge in [0.2, 0.25) is 0 Å². The Balaban J connectivity index is -0.00000112. The van der Waals surface area contributed by atoms with Crippen molar-refractivity contribution in [1.29, 1.82) is 0 Å². The van der Waals surface area contributed by atoms with E-state index in [-0.39, 0.29) is 84.0 Å². The zero-order valence-electron chi connectivity index (χ0n) is 11.6. The Morgan fingerprint density at radius 1 is 0.889 bits per heavy atom. The minimum Gasteiger partial charge on any atom is -0.550 e. The second kappa shape index (κ2) is 14.3. The number of rotatable bonds is 9. The summed E-state index contributed by atoms with van der Waals surface area (Å²) in [6.45, 7) is 4.65. The van der Waals surface area contributed by atoms with Crippen molar-refractivity contribution in [3.63, 3.8) is 0 Å². The topological polar surface area (TPSA) is 104 Å². The standard InChI is InChI=1S/C10H20N2O4.2Na/c1-7(5-9(13)14)11-3-4-12-8(2)6-10(15)16;;/h7-8,11-12H,3-6H2,1-2H3,(H,13,14)(H,15,16);;/q;2*+1/p-2. The molecule has 0 amide bonds. The van der Waals surface area contributed by atoms with Crippen molar-refractivity contribution >= 4 is 11.9 Å². The van der Waals surface area contributed by atoms with Crippen LogP contribution in [-0.4, -0.2) is 37.1 Å². The first-order chi connectivity index (χ1) is 7.41. The number of aliphatic carboxylic acids is 2. The predicted octanol–water partition coefficient (Wildman–Crippen LogP) is -8.77. The Morgan fingerprint density at radius 3 is 1.39 bits per heavy atom.